The van der Waals surface area contributed by atoms with E-state index >= 15 is 0 Å². The predicted molar refractivity (Wildman–Crippen MR) is 282 cm³/mol. The third kappa shape index (κ3) is 6.25. The van der Waals surface area contributed by atoms with E-state index in [-0.39, 0.29) is 0 Å². The van der Waals surface area contributed by atoms with E-state index in [1.54, 1.807) is 0 Å². The van der Waals surface area contributed by atoms with Crippen molar-refractivity contribution >= 4 is 54.1 Å². The summed E-state index contributed by atoms with van der Waals surface area (Å²) in [5, 5.41) is 19.5. The van der Waals surface area contributed by atoms with Crippen molar-refractivity contribution in [3.8, 4) is 78.5 Å². The Morgan fingerprint density at radius 2 is 0.687 bits per heavy atom. The zero-order valence-electron chi connectivity index (χ0n) is 36.5. The lowest BCUT2D eigenvalue weighted by atomic mass is 9.84. The van der Waals surface area contributed by atoms with Crippen LogP contribution >= 0.6 is 0 Å². The van der Waals surface area contributed by atoms with Crippen LogP contribution < -0.4 is 0 Å². The maximum atomic E-state index is 10.1. The first kappa shape index (κ1) is 38.4. The smallest absolute Gasteiger partial charge is 0.0998 e. The number of fused-ring (bicyclic) bond motifs is 2. The molecule has 13 rings (SSSR count). The average Bonchev–Trinajstić information content (AvgIpc) is 3.75. The molecule has 67 heavy (non-hydrogen) atoms. The van der Waals surface area contributed by atoms with Gasteiger partial charge in [0.1, 0.15) is 0 Å². The minimum atomic E-state index is 0.695. The molecule has 0 spiro atoms. The standard InChI is InChI=1S/C65H40N2/c66-41-51-33-38-60-64-54(51)35-36-57-53(37-39-61(65(57)64)67(60)52-16-8-3-9-17-52)47-26-20-46(21-27-47)50-32-34-58-59(40-50)63(49-30-24-45(25-31-49)43-14-6-2-7-15-43)56-19-11-10-18-55(56)62(58)48-28-22-44(23-29-48)42-12-4-1-5-13-42/h1-40H. The SMILES string of the molecule is N#Cc1ccc2c3c1ccc1c(-c4ccc(-c5ccc6c(-c7ccc(-c8ccccc8)cc7)c7ccccc7c(-c7ccc(-c8ccccc8)cc7)c6c5)cc4)ccc(c13)n2-c1ccccc1. The van der Waals surface area contributed by atoms with Crippen molar-refractivity contribution < 1.29 is 0 Å². The van der Waals surface area contributed by atoms with E-state index < -0.39 is 0 Å². The molecule has 0 bridgehead atoms. The van der Waals surface area contributed by atoms with Gasteiger partial charge in [-0.25, -0.2) is 0 Å². The van der Waals surface area contributed by atoms with Gasteiger partial charge in [0.2, 0.25) is 0 Å². The molecule has 0 N–H and O–H groups in total. The Kier molecular flexibility index (Phi) is 8.95. The normalized spacial score (nSPS) is 11.6. The van der Waals surface area contributed by atoms with E-state index in [0.29, 0.717) is 5.56 Å². The molecule has 0 fully saturated rings. The molecular weight excluding hydrogens is 809 g/mol. The molecular formula is C65H40N2. The van der Waals surface area contributed by atoms with Crippen molar-refractivity contribution in [3.63, 3.8) is 0 Å². The summed E-state index contributed by atoms with van der Waals surface area (Å²) in [7, 11) is 0. The summed E-state index contributed by atoms with van der Waals surface area (Å²) in [5.74, 6) is 0. The largest absolute Gasteiger partial charge is 0.309 e. The van der Waals surface area contributed by atoms with Crippen LogP contribution in [0.2, 0.25) is 0 Å². The number of aromatic nitrogens is 1. The van der Waals surface area contributed by atoms with Crippen molar-refractivity contribution in [3.05, 3.63) is 248 Å². The van der Waals surface area contributed by atoms with Gasteiger partial charge in [-0.3, -0.25) is 0 Å². The van der Waals surface area contributed by atoms with Crippen LogP contribution in [0.15, 0.2) is 243 Å². The number of nitrogens with zero attached hydrogens (tertiary/aromatic N) is 2. The molecule has 310 valence electrons. The van der Waals surface area contributed by atoms with Crippen LogP contribution in [0.1, 0.15) is 5.56 Å². The van der Waals surface area contributed by atoms with Gasteiger partial charge in [0.15, 0.2) is 0 Å². The Labute approximate surface area is 388 Å². The molecule has 0 unspecified atom stereocenters. The molecule has 0 atom stereocenters. The molecule has 1 heterocycles. The van der Waals surface area contributed by atoms with E-state index in [9.17, 15) is 5.26 Å². The molecule has 0 aliphatic carbocycles. The second-order valence-electron chi connectivity index (χ2n) is 17.5. The summed E-state index contributed by atoms with van der Waals surface area (Å²) >= 11 is 0. The van der Waals surface area contributed by atoms with Gasteiger partial charge in [-0.05, 0) is 130 Å². The lowest BCUT2D eigenvalue weighted by molar-refractivity contribution is 1.18. The summed E-state index contributed by atoms with van der Waals surface area (Å²) in [5.41, 5.74) is 18.4. The molecule has 0 aliphatic rings. The van der Waals surface area contributed by atoms with Crippen LogP contribution in [-0.2, 0) is 0 Å². The summed E-state index contributed by atoms with van der Waals surface area (Å²) in [4.78, 5) is 0. The molecule has 0 saturated carbocycles. The van der Waals surface area contributed by atoms with Gasteiger partial charge >= 0.3 is 0 Å². The van der Waals surface area contributed by atoms with Gasteiger partial charge in [-0.2, -0.15) is 5.26 Å². The minimum Gasteiger partial charge on any atom is -0.309 e. The molecule has 2 nitrogen and oxygen atoms in total. The summed E-state index contributed by atoms with van der Waals surface area (Å²) in [6.45, 7) is 0. The van der Waals surface area contributed by atoms with E-state index in [0.717, 1.165) is 44.2 Å². The maximum absolute atomic E-state index is 10.1. The van der Waals surface area contributed by atoms with E-state index in [1.165, 1.54) is 82.4 Å². The molecule has 1 aromatic heterocycles. The Balaban J connectivity index is 0.965. The van der Waals surface area contributed by atoms with Gasteiger partial charge in [0.25, 0.3) is 0 Å². The van der Waals surface area contributed by atoms with Crippen LogP contribution in [0.3, 0.4) is 0 Å². The third-order valence-electron chi connectivity index (χ3n) is 13.8. The Bertz CT molecular complexity index is 4030. The Morgan fingerprint density at radius 3 is 1.27 bits per heavy atom. The van der Waals surface area contributed by atoms with Crippen LogP contribution in [0.5, 0.6) is 0 Å². The van der Waals surface area contributed by atoms with E-state index in [4.69, 9.17) is 0 Å². The molecule has 0 radical (unpaired) electrons. The van der Waals surface area contributed by atoms with Crippen LogP contribution in [0.4, 0.5) is 0 Å². The number of nitriles is 1. The van der Waals surface area contributed by atoms with Gasteiger partial charge in [0.05, 0.1) is 22.7 Å². The third-order valence-corrected chi connectivity index (χ3v) is 13.8. The topological polar surface area (TPSA) is 28.7 Å². The Morgan fingerprint density at radius 1 is 0.284 bits per heavy atom. The number of para-hydroxylation sites is 1. The highest BCUT2D eigenvalue weighted by atomic mass is 15.0. The summed E-state index contributed by atoms with van der Waals surface area (Å²) < 4.78 is 2.33. The fourth-order valence-corrected chi connectivity index (χ4v) is 10.7. The van der Waals surface area contributed by atoms with Gasteiger partial charge in [-0.15, -0.1) is 0 Å². The molecule has 2 heteroatoms. The minimum absolute atomic E-state index is 0.695. The van der Waals surface area contributed by atoms with Gasteiger partial charge in [-0.1, -0.05) is 206 Å². The Hall–Kier alpha value is -9.03. The molecule has 12 aromatic carbocycles. The van der Waals surface area contributed by atoms with Crippen molar-refractivity contribution in [2.24, 2.45) is 0 Å². The number of benzene rings is 12. The highest BCUT2D eigenvalue weighted by Crippen LogP contribution is 2.47. The fraction of sp³-hybridized carbons (Fsp3) is 0. The van der Waals surface area contributed by atoms with Gasteiger partial charge < -0.3 is 4.57 Å². The maximum Gasteiger partial charge on any atom is 0.0998 e. The molecule has 0 aliphatic heterocycles. The zero-order valence-corrected chi connectivity index (χ0v) is 36.5. The summed E-state index contributed by atoms with van der Waals surface area (Å²) in [6.07, 6.45) is 0. The lowest BCUT2D eigenvalue weighted by Gasteiger charge is -2.19. The number of rotatable bonds is 7. The first-order valence-electron chi connectivity index (χ1n) is 22.9. The second-order valence-corrected chi connectivity index (χ2v) is 17.5. The highest BCUT2D eigenvalue weighted by molar-refractivity contribution is 6.27. The quantitative estimate of drug-likeness (QED) is 0.116. The number of hydrogen-bond donors (Lipinski definition) is 0. The monoisotopic (exact) mass is 848 g/mol. The predicted octanol–water partition coefficient (Wildman–Crippen LogP) is 17.6. The number of hydrogen-bond acceptors (Lipinski definition) is 1. The fourth-order valence-electron chi connectivity index (χ4n) is 10.7. The summed E-state index contributed by atoms with van der Waals surface area (Å²) in [6, 6.07) is 90.3. The van der Waals surface area contributed by atoms with Crippen molar-refractivity contribution in [1.29, 1.82) is 5.26 Å². The first-order chi connectivity index (χ1) is 33.2. The lowest BCUT2D eigenvalue weighted by Crippen LogP contribution is -1.93. The molecule has 0 amide bonds. The first-order valence-corrected chi connectivity index (χ1v) is 22.9. The molecule has 13 aromatic rings. The van der Waals surface area contributed by atoms with Crippen LogP contribution in [0, 0.1) is 11.3 Å². The van der Waals surface area contributed by atoms with E-state index in [1.807, 2.05) is 6.07 Å². The van der Waals surface area contributed by atoms with Crippen LogP contribution in [-0.4, -0.2) is 4.57 Å². The highest BCUT2D eigenvalue weighted by Gasteiger charge is 2.22. The van der Waals surface area contributed by atoms with Crippen LogP contribution in [0.25, 0.3) is 127 Å². The van der Waals surface area contributed by atoms with Gasteiger partial charge in [0, 0.05) is 21.8 Å². The molecule has 0 saturated heterocycles. The van der Waals surface area contributed by atoms with Crippen molar-refractivity contribution in [1.82, 2.24) is 4.57 Å². The van der Waals surface area contributed by atoms with E-state index in [2.05, 4.69) is 247 Å². The van der Waals surface area contributed by atoms with Crippen molar-refractivity contribution in [2.75, 3.05) is 0 Å². The average molecular weight is 849 g/mol. The second kappa shape index (κ2) is 15.6. The van der Waals surface area contributed by atoms with Crippen molar-refractivity contribution in [2.45, 2.75) is 0 Å². The zero-order chi connectivity index (χ0) is 44.4.